The van der Waals surface area contributed by atoms with E-state index in [-0.39, 0.29) is 5.56 Å². The van der Waals surface area contributed by atoms with Crippen LogP contribution in [0.15, 0.2) is 18.2 Å². The van der Waals surface area contributed by atoms with E-state index in [1.54, 1.807) is 18.2 Å². The highest BCUT2D eigenvalue weighted by Gasteiger charge is 2.16. The van der Waals surface area contributed by atoms with Gasteiger partial charge in [-0.05, 0) is 18.1 Å². The zero-order valence-corrected chi connectivity index (χ0v) is 10.3. The number of carbonyl (C=O) groups excluding carboxylic acids is 2. The van der Waals surface area contributed by atoms with Crippen molar-refractivity contribution < 1.29 is 23.8 Å². The second-order valence-corrected chi connectivity index (χ2v) is 3.11. The minimum atomic E-state index is -0.780. The number of ketones is 1. The Labute approximate surface area is 105 Å². The maximum absolute atomic E-state index is 11.9. The van der Waals surface area contributed by atoms with Gasteiger partial charge in [-0.15, -0.1) is 0 Å². The van der Waals surface area contributed by atoms with Crippen molar-refractivity contribution in [2.24, 2.45) is 0 Å². The van der Waals surface area contributed by atoms with E-state index in [0.29, 0.717) is 11.5 Å². The average molecular weight is 248 g/mol. The van der Waals surface area contributed by atoms with Crippen molar-refractivity contribution in [3.8, 4) is 23.3 Å². The van der Waals surface area contributed by atoms with Crippen molar-refractivity contribution in [1.29, 1.82) is 0 Å². The van der Waals surface area contributed by atoms with Crippen molar-refractivity contribution in [2.45, 2.75) is 0 Å². The van der Waals surface area contributed by atoms with Gasteiger partial charge in [0.15, 0.2) is 0 Å². The van der Waals surface area contributed by atoms with Crippen molar-refractivity contribution in [1.82, 2.24) is 0 Å². The van der Waals surface area contributed by atoms with Crippen LogP contribution in [0.1, 0.15) is 10.4 Å². The molecule has 5 nitrogen and oxygen atoms in total. The van der Waals surface area contributed by atoms with Crippen LogP contribution in [0.5, 0.6) is 11.5 Å². The Morgan fingerprint density at radius 2 is 1.56 bits per heavy atom. The summed E-state index contributed by atoms with van der Waals surface area (Å²) in [6.07, 6.45) is 0. The van der Waals surface area contributed by atoms with E-state index in [9.17, 15) is 9.59 Å². The number of esters is 1. The third-order valence-corrected chi connectivity index (χ3v) is 2.12. The van der Waals surface area contributed by atoms with Crippen LogP contribution in [-0.4, -0.2) is 33.1 Å². The van der Waals surface area contributed by atoms with Crippen LogP contribution < -0.4 is 9.47 Å². The number of hydrogen-bond donors (Lipinski definition) is 0. The normalized spacial score (nSPS) is 8.83. The molecule has 0 aromatic heterocycles. The van der Waals surface area contributed by atoms with Crippen LogP contribution in [0.25, 0.3) is 0 Å². The molecule has 1 aromatic carbocycles. The fraction of sp³-hybridized carbons (Fsp3) is 0.231. The lowest BCUT2D eigenvalue weighted by Gasteiger charge is -2.09. The second kappa shape index (κ2) is 6.30. The van der Waals surface area contributed by atoms with E-state index in [1.807, 2.05) is 0 Å². The van der Waals surface area contributed by atoms with Crippen LogP contribution in [0, 0.1) is 11.8 Å². The summed E-state index contributed by atoms with van der Waals surface area (Å²) in [5.74, 6) is 3.55. The highest BCUT2D eigenvalue weighted by Crippen LogP contribution is 2.28. The molecule has 0 aliphatic rings. The second-order valence-electron chi connectivity index (χ2n) is 3.11. The molecule has 1 rings (SSSR count). The number of carbonyl (C=O) groups is 2. The van der Waals surface area contributed by atoms with Gasteiger partial charge < -0.3 is 14.2 Å². The van der Waals surface area contributed by atoms with Gasteiger partial charge in [0.05, 0.1) is 21.3 Å². The molecule has 0 heterocycles. The van der Waals surface area contributed by atoms with Gasteiger partial charge in [-0.2, -0.15) is 0 Å². The Bertz CT molecular complexity index is 500. The first kappa shape index (κ1) is 13.6. The summed E-state index contributed by atoms with van der Waals surface area (Å²) < 4.78 is 14.4. The molecule has 0 N–H and O–H groups in total. The number of rotatable bonds is 3. The summed E-state index contributed by atoms with van der Waals surface area (Å²) in [5, 5.41) is 0. The maximum atomic E-state index is 11.9. The Kier molecular flexibility index (Phi) is 4.76. The lowest BCUT2D eigenvalue weighted by atomic mass is 10.1. The minimum absolute atomic E-state index is 0.180. The van der Waals surface area contributed by atoms with Crippen molar-refractivity contribution >= 4 is 11.8 Å². The summed E-state index contributed by atoms with van der Waals surface area (Å²) >= 11 is 0. The molecule has 0 saturated heterocycles. The summed E-state index contributed by atoms with van der Waals surface area (Å²) in [6, 6.07) is 4.90. The Balaban J connectivity index is 3.17. The highest BCUT2D eigenvalue weighted by molar-refractivity contribution is 6.14. The van der Waals surface area contributed by atoms with Crippen LogP contribution in [-0.2, 0) is 9.53 Å². The number of methoxy groups -OCH3 is 3. The topological polar surface area (TPSA) is 61.8 Å². The van der Waals surface area contributed by atoms with Crippen LogP contribution in [0.2, 0.25) is 0 Å². The molecule has 0 amide bonds. The molecule has 0 bridgehead atoms. The summed E-state index contributed by atoms with van der Waals surface area (Å²) in [5.41, 5.74) is 0.180. The molecule has 0 aliphatic heterocycles. The largest absolute Gasteiger partial charge is 0.496 e. The molecule has 0 saturated carbocycles. The predicted molar refractivity (Wildman–Crippen MR) is 63.7 cm³/mol. The molecule has 0 radical (unpaired) electrons. The van der Waals surface area contributed by atoms with Crippen LogP contribution in [0.4, 0.5) is 0 Å². The number of ether oxygens (including phenoxy) is 3. The minimum Gasteiger partial charge on any atom is -0.496 e. The van der Waals surface area contributed by atoms with Crippen LogP contribution >= 0.6 is 0 Å². The van der Waals surface area contributed by atoms with E-state index >= 15 is 0 Å². The van der Waals surface area contributed by atoms with Gasteiger partial charge in [0, 0.05) is 5.92 Å². The van der Waals surface area contributed by atoms with Gasteiger partial charge in [-0.1, -0.05) is 6.07 Å². The van der Waals surface area contributed by atoms with Gasteiger partial charge >= 0.3 is 5.97 Å². The van der Waals surface area contributed by atoms with E-state index in [4.69, 9.17) is 9.47 Å². The molecular formula is C13H12O5. The standard InChI is InChI=1S/C13H12O5/c1-16-10-5-4-6-11(17-2)13(10)9(14)7-8-12(15)18-3/h4-6H,1-3H3. The third kappa shape index (κ3) is 3.01. The van der Waals surface area contributed by atoms with Gasteiger partial charge in [-0.25, -0.2) is 4.79 Å². The fourth-order valence-electron chi connectivity index (χ4n) is 1.30. The highest BCUT2D eigenvalue weighted by atomic mass is 16.5. The van der Waals surface area contributed by atoms with E-state index in [0.717, 1.165) is 0 Å². The number of benzene rings is 1. The Hall–Kier alpha value is -2.48. The van der Waals surface area contributed by atoms with Gasteiger partial charge in [0.25, 0.3) is 0 Å². The fourth-order valence-corrected chi connectivity index (χ4v) is 1.30. The predicted octanol–water partition coefficient (Wildman–Crippen LogP) is 1.06. The molecule has 94 valence electrons. The molecule has 0 aliphatic carbocycles. The van der Waals surface area contributed by atoms with Crippen molar-refractivity contribution in [3.63, 3.8) is 0 Å². The summed E-state index contributed by atoms with van der Waals surface area (Å²) in [6.45, 7) is 0. The van der Waals surface area contributed by atoms with Crippen molar-refractivity contribution in [2.75, 3.05) is 21.3 Å². The average Bonchev–Trinajstić information content (AvgIpc) is 2.43. The van der Waals surface area contributed by atoms with Crippen LogP contribution in [0.3, 0.4) is 0 Å². The van der Waals surface area contributed by atoms with E-state index in [2.05, 4.69) is 16.6 Å². The molecule has 1 aromatic rings. The zero-order chi connectivity index (χ0) is 13.5. The maximum Gasteiger partial charge on any atom is 0.384 e. The van der Waals surface area contributed by atoms with E-state index < -0.39 is 11.8 Å². The Morgan fingerprint density at radius 1 is 1.00 bits per heavy atom. The van der Waals surface area contributed by atoms with E-state index in [1.165, 1.54) is 21.3 Å². The molecule has 0 fully saturated rings. The SMILES string of the molecule is COC(=O)C#CC(=O)c1c(OC)cccc1OC. The lowest BCUT2D eigenvalue weighted by molar-refractivity contribution is -0.133. The van der Waals surface area contributed by atoms with Gasteiger partial charge in [-0.3, -0.25) is 4.79 Å². The first-order chi connectivity index (χ1) is 8.63. The van der Waals surface area contributed by atoms with Gasteiger partial charge in [0.1, 0.15) is 17.1 Å². The first-order valence-electron chi connectivity index (χ1n) is 4.99. The number of Topliss-reactive ketones (excluding diaryl/α,β-unsaturated/α-hetero) is 1. The monoisotopic (exact) mass is 248 g/mol. The third-order valence-electron chi connectivity index (χ3n) is 2.12. The Morgan fingerprint density at radius 3 is 2.00 bits per heavy atom. The molecule has 0 unspecified atom stereocenters. The summed E-state index contributed by atoms with van der Waals surface area (Å²) in [4.78, 5) is 22.7. The molecule has 0 spiro atoms. The first-order valence-corrected chi connectivity index (χ1v) is 4.99. The summed E-state index contributed by atoms with van der Waals surface area (Å²) in [7, 11) is 4.05. The van der Waals surface area contributed by atoms with Gasteiger partial charge in [0.2, 0.25) is 5.78 Å². The quantitative estimate of drug-likeness (QED) is 0.263. The number of hydrogen-bond acceptors (Lipinski definition) is 5. The molecule has 0 atom stereocenters. The zero-order valence-electron chi connectivity index (χ0n) is 10.3. The van der Waals surface area contributed by atoms with Crippen molar-refractivity contribution in [3.05, 3.63) is 23.8 Å². The molecular weight excluding hydrogens is 236 g/mol. The molecule has 5 heteroatoms. The lowest BCUT2D eigenvalue weighted by Crippen LogP contribution is -2.04. The smallest absolute Gasteiger partial charge is 0.384 e. The molecule has 18 heavy (non-hydrogen) atoms.